The number of hydrogen-bond donors (Lipinski definition) is 0. The Morgan fingerprint density at radius 1 is 0.909 bits per heavy atom. The van der Waals surface area contributed by atoms with Crippen molar-refractivity contribution >= 4 is 11.6 Å². The van der Waals surface area contributed by atoms with Crippen molar-refractivity contribution in [1.82, 2.24) is 9.80 Å². The maximum Gasteiger partial charge on any atom is 0.416 e. The number of nitrogens with zero attached hydrogens (tertiary/aromatic N) is 3. The van der Waals surface area contributed by atoms with Crippen molar-refractivity contribution in [1.29, 1.82) is 0 Å². The molecule has 44 heavy (non-hydrogen) atoms. The minimum Gasteiger partial charge on any atom is -0.497 e. The van der Waals surface area contributed by atoms with Gasteiger partial charge in [0.2, 0.25) is 5.67 Å². The van der Waals surface area contributed by atoms with Gasteiger partial charge in [0.25, 0.3) is 5.91 Å². The Hall–Kier alpha value is -2.85. The zero-order valence-electron chi connectivity index (χ0n) is 26.4. The van der Waals surface area contributed by atoms with E-state index >= 15 is 4.39 Å². The highest BCUT2D eigenvalue weighted by molar-refractivity contribution is 5.87. The number of alkyl halides is 4. The Morgan fingerprint density at radius 3 is 2.09 bits per heavy atom. The number of methoxy groups -OCH3 is 2. The molecule has 3 saturated heterocycles. The number of hydrogen-bond acceptors (Lipinski definition) is 5. The average Bonchev–Trinajstić information content (AvgIpc) is 3.39. The summed E-state index contributed by atoms with van der Waals surface area (Å²) in [5, 5.41) is 0. The van der Waals surface area contributed by atoms with Crippen LogP contribution in [0, 0.1) is 0 Å². The SMILES string of the molecule is COc1ccc([C@@H]2CN(C(C)(C)C)C[C@@]2(F)C(=O)N2CCC(c3ccc(C(F)(F)F)cc3N3CCC(OC)CC3)CC2)cc1. The lowest BCUT2D eigenvalue weighted by Gasteiger charge is -2.39. The highest BCUT2D eigenvalue weighted by Gasteiger charge is 2.57. The first-order valence-corrected chi connectivity index (χ1v) is 15.6. The number of carbonyl (C=O) groups excluding carboxylic acids is 1. The molecule has 6 nitrogen and oxygen atoms in total. The van der Waals surface area contributed by atoms with Crippen LogP contribution in [-0.4, -0.2) is 86.5 Å². The van der Waals surface area contributed by atoms with Crippen LogP contribution in [0.1, 0.15) is 75.0 Å². The van der Waals surface area contributed by atoms with E-state index in [9.17, 15) is 18.0 Å². The number of likely N-dealkylation sites (tertiary alicyclic amines) is 2. The predicted molar refractivity (Wildman–Crippen MR) is 163 cm³/mol. The smallest absolute Gasteiger partial charge is 0.416 e. The third-order valence-electron chi connectivity index (χ3n) is 9.89. The number of ether oxygens (including phenoxy) is 2. The van der Waals surface area contributed by atoms with Crippen molar-refractivity contribution in [2.75, 3.05) is 58.4 Å². The first kappa shape index (κ1) is 32.5. The lowest BCUT2D eigenvalue weighted by Crippen LogP contribution is -2.53. The van der Waals surface area contributed by atoms with Crippen molar-refractivity contribution in [3.05, 3.63) is 59.2 Å². The van der Waals surface area contributed by atoms with Gasteiger partial charge in [-0.25, -0.2) is 4.39 Å². The fourth-order valence-electron chi connectivity index (χ4n) is 7.08. The van der Waals surface area contributed by atoms with Gasteiger partial charge in [-0.05, 0) is 87.8 Å². The number of piperidine rings is 2. The molecule has 0 aromatic heterocycles. The molecule has 2 aromatic rings. The third-order valence-corrected chi connectivity index (χ3v) is 9.89. The summed E-state index contributed by atoms with van der Waals surface area (Å²) < 4.78 is 69.1. The molecular weight excluding hydrogens is 574 g/mol. The maximum absolute atomic E-state index is 17.2. The number of benzene rings is 2. The minimum atomic E-state index is -4.44. The molecule has 0 radical (unpaired) electrons. The summed E-state index contributed by atoms with van der Waals surface area (Å²) in [7, 11) is 3.24. The fourth-order valence-corrected chi connectivity index (χ4v) is 7.08. The lowest BCUT2D eigenvalue weighted by atomic mass is 9.83. The van der Waals surface area contributed by atoms with Crippen molar-refractivity contribution in [2.45, 2.75) is 81.8 Å². The second-order valence-electron chi connectivity index (χ2n) is 13.5. The third kappa shape index (κ3) is 6.57. The molecule has 3 aliphatic heterocycles. The van der Waals surface area contributed by atoms with Crippen molar-refractivity contribution in [3.8, 4) is 5.75 Å². The number of amides is 1. The van der Waals surface area contributed by atoms with E-state index < -0.39 is 29.2 Å². The fraction of sp³-hybridized carbons (Fsp3) is 0.618. The van der Waals surface area contributed by atoms with Crippen LogP contribution in [0.2, 0.25) is 0 Å². The second-order valence-corrected chi connectivity index (χ2v) is 13.5. The number of halogens is 4. The van der Waals surface area contributed by atoms with Crippen LogP contribution in [-0.2, 0) is 15.7 Å². The van der Waals surface area contributed by atoms with Crippen LogP contribution in [0.25, 0.3) is 0 Å². The van der Waals surface area contributed by atoms with Gasteiger partial charge in [-0.3, -0.25) is 9.69 Å². The zero-order chi connectivity index (χ0) is 31.9. The Bertz CT molecular complexity index is 1300. The molecule has 5 rings (SSSR count). The molecule has 0 N–H and O–H groups in total. The zero-order valence-corrected chi connectivity index (χ0v) is 26.4. The molecule has 0 aliphatic carbocycles. The van der Waals surface area contributed by atoms with E-state index in [2.05, 4.69) is 0 Å². The molecule has 0 unspecified atom stereocenters. The summed E-state index contributed by atoms with van der Waals surface area (Å²) in [6.07, 6.45) is -1.71. The van der Waals surface area contributed by atoms with Gasteiger partial charge < -0.3 is 19.3 Å². The van der Waals surface area contributed by atoms with Crippen molar-refractivity contribution in [3.63, 3.8) is 0 Å². The highest BCUT2D eigenvalue weighted by Crippen LogP contribution is 2.45. The molecule has 0 saturated carbocycles. The van der Waals surface area contributed by atoms with Gasteiger partial charge in [-0.15, -0.1) is 0 Å². The van der Waals surface area contributed by atoms with Gasteiger partial charge in [-0.1, -0.05) is 18.2 Å². The van der Waals surface area contributed by atoms with E-state index in [0.717, 1.165) is 30.0 Å². The van der Waals surface area contributed by atoms with E-state index in [1.54, 1.807) is 37.3 Å². The molecule has 3 heterocycles. The Labute approximate surface area is 258 Å². The Balaban J connectivity index is 1.35. The summed E-state index contributed by atoms with van der Waals surface area (Å²) in [6.45, 7) is 8.45. The first-order chi connectivity index (χ1) is 20.7. The molecule has 0 bridgehead atoms. The summed E-state index contributed by atoms with van der Waals surface area (Å²) >= 11 is 0. The van der Waals surface area contributed by atoms with Gasteiger partial charge in [0.15, 0.2) is 0 Å². The summed E-state index contributed by atoms with van der Waals surface area (Å²) in [4.78, 5) is 19.7. The van der Waals surface area contributed by atoms with E-state index in [-0.39, 0.29) is 24.1 Å². The van der Waals surface area contributed by atoms with Crippen LogP contribution in [0.15, 0.2) is 42.5 Å². The van der Waals surface area contributed by atoms with E-state index in [4.69, 9.17) is 9.47 Å². The molecule has 3 fully saturated rings. The topological polar surface area (TPSA) is 45.2 Å². The Morgan fingerprint density at radius 2 is 1.55 bits per heavy atom. The molecule has 10 heteroatoms. The molecule has 3 aliphatic rings. The monoisotopic (exact) mass is 619 g/mol. The number of anilines is 1. The molecule has 242 valence electrons. The largest absolute Gasteiger partial charge is 0.497 e. The van der Waals surface area contributed by atoms with Gasteiger partial charge in [-0.2, -0.15) is 13.2 Å². The average molecular weight is 620 g/mol. The van der Waals surface area contributed by atoms with Gasteiger partial charge in [0.1, 0.15) is 5.75 Å². The molecule has 2 aromatic carbocycles. The van der Waals surface area contributed by atoms with Crippen LogP contribution in [0.5, 0.6) is 5.75 Å². The summed E-state index contributed by atoms with van der Waals surface area (Å²) in [5.74, 6) is -0.491. The Kier molecular flexibility index (Phi) is 9.25. The molecular formula is C34H45F4N3O3. The normalized spacial score (nSPS) is 24.6. The van der Waals surface area contributed by atoms with E-state index in [0.29, 0.717) is 57.0 Å². The number of rotatable bonds is 6. The van der Waals surface area contributed by atoms with Gasteiger partial charge in [0, 0.05) is 63.5 Å². The quantitative estimate of drug-likeness (QED) is 0.340. The predicted octanol–water partition coefficient (Wildman–Crippen LogP) is 6.64. The van der Waals surface area contributed by atoms with Crippen molar-refractivity contribution in [2.24, 2.45) is 0 Å². The minimum absolute atomic E-state index is 0.00639. The standard InChI is InChI=1S/C34H45F4N3O3/c1-32(2,3)41-21-29(24-6-9-26(43-4)10-7-24)33(35,22-41)31(42)40-16-12-23(13-17-40)28-11-8-25(34(36,37)38)20-30(28)39-18-14-27(44-5)15-19-39/h6-11,20,23,27,29H,12-19,21-22H2,1-5H3/t29-,33-/m0/s1. The van der Waals surface area contributed by atoms with Crippen LogP contribution >= 0.6 is 0 Å². The van der Waals surface area contributed by atoms with E-state index in [1.807, 2.05) is 42.7 Å². The summed E-state index contributed by atoms with van der Waals surface area (Å²) in [5.41, 5.74) is -0.840. The van der Waals surface area contributed by atoms with Crippen LogP contribution < -0.4 is 9.64 Å². The van der Waals surface area contributed by atoms with E-state index in [1.165, 1.54) is 6.07 Å². The van der Waals surface area contributed by atoms with Crippen molar-refractivity contribution < 1.29 is 31.8 Å². The second kappa shape index (κ2) is 12.5. The number of carbonyl (C=O) groups is 1. The maximum atomic E-state index is 17.2. The van der Waals surface area contributed by atoms with Gasteiger partial charge >= 0.3 is 6.18 Å². The van der Waals surface area contributed by atoms with Crippen LogP contribution in [0.3, 0.4) is 0 Å². The first-order valence-electron chi connectivity index (χ1n) is 15.6. The molecule has 1 amide bonds. The molecule has 0 spiro atoms. The van der Waals surface area contributed by atoms with Crippen LogP contribution in [0.4, 0.5) is 23.2 Å². The lowest BCUT2D eigenvalue weighted by molar-refractivity contribution is -0.145. The van der Waals surface area contributed by atoms with Gasteiger partial charge in [0.05, 0.1) is 18.8 Å². The summed E-state index contributed by atoms with van der Waals surface area (Å²) in [6, 6.07) is 11.3. The molecule has 2 atom stereocenters. The highest BCUT2D eigenvalue weighted by atomic mass is 19.4.